The number of hydrogen-bond donors (Lipinski definition) is 0. The van der Waals surface area contributed by atoms with Crippen LogP contribution in [-0.2, 0) is 14.2 Å². The van der Waals surface area contributed by atoms with Crippen LogP contribution in [0.25, 0.3) is 0 Å². The van der Waals surface area contributed by atoms with Crippen LogP contribution in [0.5, 0.6) is 0 Å². The minimum absolute atomic E-state index is 1.20. The summed E-state index contributed by atoms with van der Waals surface area (Å²) >= 11 is 0. The molecule has 0 N–H and O–H groups in total. The minimum atomic E-state index is -1.20. The van der Waals surface area contributed by atoms with E-state index in [0.29, 0.717) is 0 Å². The maximum atomic E-state index is 4.84. The summed E-state index contributed by atoms with van der Waals surface area (Å²) in [6, 6.07) is 0. The van der Waals surface area contributed by atoms with Gasteiger partial charge in [-0.15, -0.1) is 0 Å². The number of ether oxygens (including phenoxy) is 3. The summed E-state index contributed by atoms with van der Waals surface area (Å²) in [6.07, 6.45) is 5.03. The highest BCUT2D eigenvalue weighted by atomic mass is 28.3. The fourth-order valence-electron chi connectivity index (χ4n) is 0.700. The molecule has 4 heteroatoms. The van der Waals surface area contributed by atoms with Crippen molar-refractivity contribution in [1.29, 1.82) is 0 Å². The van der Waals surface area contributed by atoms with Gasteiger partial charge in [0.15, 0.2) is 0 Å². The molecule has 0 bridgehead atoms. The standard InChI is InChI=1S/C9H16O3Si/c1-10-4-7-13(8-5-11-2)9-6-12-3/h4-9,13H,1-3H3. The Hall–Kier alpha value is -1.16. The van der Waals surface area contributed by atoms with E-state index in [1.165, 1.54) is 0 Å². The molecule has 0 aromatic rings. The Kier molecular flexibility index (Phi) is 8.13. The van der Waals surface area contributed by atoms with Gasteiger partial charge in [-0.3, -0.25) is 0 Å². The molecule has 74 valence electrons. The van der Waals surface area contributed by atoms with Gasteiger partial charge in [0, 0.05) is 0 Å². The van der Waals surface area contributed by atoms with Crippen molar-refractivity contribution in [3.05, 3.63) is 35.9 Å². The molecule has 0 fully saturated rings. The second kappa shape index (κ2) is 8.93. The van der Waals surface area contributed by atoms with E-state index in [2.05, 4.69) is 0 Å². The smallest absolute Gasteiger partial charge is 0.120 e. The van der Waals surface area contributed by atoms with E-state index >= 15 is 0 Å². The first-order valence-electron chi connectivity index (χ1n) is 3.93. The van der Waals surface area contributed by atoms with Crippen LogP contribution in [-0.4, -0.2) is 30.1 Å². The van der Waals surface area contributed by atoms with Crippen LogP contribution in [0.15, 0.2) is 35.9 Å². The van der Waals surface area contributed by atoms with Crippen LogP contribution in [0.1, 0.15) is 0 Å². The monoisotopic (exact) mass is 200 g/mol. The van der Waals surface area contributed by atoms with E-state index < -0.39 is 8.80 Å². The summed E-state index contributed by atoms with van der Waals surface area (Å²) in [4.78, 5) is 0. The lowest BCUT2D eigenvalue weighted by atomic mass is 11.1. The molecule has 0 heterocycles. The molecule has 0 amide bonds. The van der Waals surface area contributed by atoms with Crippen molar-refractivity contribution in [2.45, 2.75) is 0 Å². The molecule has 0 aromatic carbocycles. The number of methoxy groups -OCH3 is 3. The Labute approximate surface area is 80.9 Å². The van der Waals surface area contributed by atoms with Crippen LogP contribution >= 0.6 is 0 Å². The molecule has 0 rings (SSSR count). The molecule has 0 aliphatic rings. The van der Waals surface area contributed by atoms with Crippen molar-refractivity contribution in [2.75, 3.05) is 21.3 Å². The van der Waals surface area contributed by atoms with Crippen LogP contribution in [0.2, 0.25) is 0 Å². The first-order chi connectivity index (χ1) is 6.35. The van der Waals surface area contributed by atoms with Crippen LogP contribution < -0.4 is 0 Å². The van der Waals surface area contributed by atoms with Crippen molar-refractivity contribution in [3.8, 4) is 0 Å². The van der Waals surface area contributed by atoms with Crippen molar-refractivity contribution in [1.82, 2.24) is 0 Å². The van der Waals surface area contributed by atoms with E-state index in [1.807, 2.05) is 17.1 Å². The van der Waals surface area contributed by atoms with Gasteiger partial charge < -0.3 is 14.2 Å². The molecule has 13 heavy (non-hydrogen) atoms. The Morgan fingerprint density at radius 1 is 0.692 bits per heavy atom. The predicted octanol–water partition coefficient (Wildman–Crippen LogP) is 1.31. The lowest BCUT2D eigenvalue weighted by molar-refractivity contribution is 0.337. The number of hydrogen-bond acceptors (Lipinski definition) is 3. The Morgan fingerprint density at radius 3 is 1.23 bits per heavy atom. The molecule has 0 aliphatic heterocycles. The van der Waals surface area contributed by atoms with Crippen molar-refractivity contribution < 1.29 is 14.2 Å². The van der Waals surface area contributed by atoms with Gasteiger partial charge >= 0.3 is 0 Å². The zero-order valence-corrected chi connectivity index (χ0v) is 9.42. The second-order valence-corrected chi connectivity index (χ2v) is 4.58. The molecule has 0 aliphatic carbocycles. The molecule has 3 nitrogen and oxygen atoms in total. The average molecular weight is 200 g/mol. The summed E-state index contributed by atoms with van der Waals surface area (Å²) in [5, 5.41) is 0. The molecular weight excluding hydrogens is 184 g/mol. The molecular formula is C9H16O3Si. The van der Waals surface area contributed by atoms with Gasteiger partial charge in [-0.1, -0.05) is 17.1 Å². The third kappa shape index (κ3) is 7.21. The van der Waals surface area contributed by atoms with Gasteiger partial charge in [0.1, 0.15) is 8.80 Å². The highest BCUT2D eigenvalue weighted by molar-refractivity contribution is 6.74. The molecule has 0 saturated heterocycles. The minimum Gasteiger partial charge on any atom is -0.505 e. The lowest BCUT2D eigenvalue weighted by Crippen LogP contribution is -2.02. The van der Waals surface area contributed by atoms with Crippen LogP contribution in [0.3, 0.4) is 0 Å². The largest absolute Gasteiger partial charge is 0.505 e. The maximum Gasteiger partial charge on any atom is 0.120 e. The van der Waals surface area contributed by atoms with Gasteiger partial charge in [-0.25, -0.2) is 0 Å². The molecule has 0 saturated carbocycles. The summed E-state index contributed by atoms with van der Waals surface area (Å²) in [5.74, 6) is 0. The van der Waals surface area contributed by atoms with Crippen molar-refractivity contribution >= 4 is 8.80 Å². The SMILES string of the molecule is COC=C[SiH](C=COC)C=COC. The summed E-state index contributed by atoms with van der Waals surface area (Å²) < 4.78 is 14.5. The third-order valence-electron chi connectivity index (χ3n) is 1.31. The number of rotatable bonds is 6. The molecule has 0 radical (unpaired) electrons. The first-order valence-corrected chi connectivity index (χ1v) is 5.93. The maximum absolute atomic E-state index is 4.84. The zero-order valence-electron chi connectivity index (χ0n) is 8.27. The van der Waals surface area contributed by atoms with Gasteiger partial charge in [0.2, 0.25) is 0 Å². The second-order valence-electron chi connectivity index (χ2n) is 2.27. The summed E-state index contributed by atoms with van der Waals surface area (Å²) in [6.45, 7) is 0. The van der Waals surface area contributed by atoms with Crippen molar-refractivity contribution in [3.63, 3.8) is 0 Å². The van der Waals surface area contributed by atoms with E-state index in [4.69, 9.17) is 14.2 Å². The van der Waals surface area contributed by atoms with Crippen LogP contribution in [0.4, 0.5) is 0 Å². The summed E-state index contributed by atoms with van der Waals surface area (Å²) in [5.41, 5.74) is 6.06. The van der Waals surface area contributed by atoms with Gasteiger partial charge in [0.25, 0.3) is 0 Å². The molecule has 0 atom stereocenters. The lowest BCUT2D eigenvalue weighted by Gasteiger charge is -1.97. The predicted molar refractivity (Wildman–Crippen MR) is 55.6 cm³/mol. The van der Waals surface area contributed by atoms with Gasteiger partial charge in [-0.2, -0.15) is 0 Å². The molecule has 0 spiro atoms. The van der Waals surface area contributed by atoms with Crippen molar-refractivity contribution in [2.24, 2.45) is 0 Å². The fraction of sp³-hybridized carbons (Fsp3) is 0.333. The highest BCUT2D eigenvalue weighted by Gasteiger charge is 1.96. The van der Waals surface area contributed by atoms with E-state index in [9.17, 15) is 0 Å². The molecule has 0 unspecified atom stereocenters. The molecule has 0 aromatic heterocycles. The summed E-state index contributed by atoms with van der Waals surface area (Å²) in [7, 11) is 3.68. The normalized spacial score (nSPS) is 14.1. The highest BCUT2D eigenvalue weighted by Crippen LogP contribution is 1.92. The van der Waals surface area contributed by atoms with Gasteiger partial charge in [0.05, 0.1) is 40.1 Å². The topological polar surface area (TPSA) is 27.7 Å². The Bertz CT molecular complexity index is 154. The average Bonchev–Trinajstić information content (AvgIpc) is 2.17. The van der Waals surface area contributed by atoms with E-state index in [0.717, 1.165) is 0 Å². The first kappa shape index (κ1) is 11.8. The quantitative estimate of drug-likeness (QED) is 0.478. The van der Waals surface area contributed by atoms with Crippen LogP contribution in [0, 0.1) is 0 Å². The van der Waals surface area contributed by atoms with Gasteiger partial charge in [-0.05, 0) is 0 Å². The third-order valence-corrected chi connectivity index (χ3v) is 3.12. The Balaban J connectivity index is 4.10. The van der Waals surface area contributed by atoms with E-state index in [1.54, 1.807) is 40.1 Å². The Morgan fingerprint density at radius 2 is 1.00 bits per heavy atom. The fourth-order valence-corrected chi connectivity index (χ4v) is 2.10. The zero-order chi connectivity index (χ0) is 9.94. The van der Waals surface area contributed by atoms with E-state index in [-0.39, 0.29) is 0 Å².